The zero-order chi connectivity index (χ0) is 32.7. The highest BCUT2D eigenvalue weighted by Gasteiger charge is 2.15. The van der Waals surface area contributed by atoms with Crippen molar-refractivity contribution in [2.75, 3.05) is 27.4 Å². The molecule has 3 aromatic rings. The lowest BCUT2D eigenvalue weighted by atomic mass is 10.0. The van der Waals surface area contributed by atoms with Crippen molar-refractivity contribution < 1.29 is 28.5 Å². The molecule has 254 valence electrons. The number of methoxy groups -OCH3 is 2. The van der Waals surface area contributed by atoms with Crippen molar-refractivity contribution in [1.82, 2.24) is 0 Å². The second kappa shape index (κ2) is 23.1. The van der Waals surface area contributed by atoms with Gasteiger partial charge in [0.1, 0.15) is 11.5 Å². The SMILES string of the molecule is COC(=O)CCCCCCCCCCCOc1c2ccccc2c(OCCCCCCCCCCCC(=O)OC)c2ccccc12. The summed E-state index contributed by atoms with van der Waals surface area (Å²) in [5.74, 6) is 1.74. The number of carbonyl (C=O) groups is 2. The molecule has 0 atom stereocenters. The lowest BCUT2D eigenvalue weighted by Gasteiger charge is -2.18. The Morgan fingerprint density at radius 3 is 0.957 bits per heavy atom. The standard InChI is InChI=1S/C40H58O6/c1-43-37(41)29-17-13-9-5-3-7-11-15-23-31-45-39-33-25-19-21-27-35(33)40(36-28-22-20-26-34(36)39)46-32-24-16-12-8-4-6-10-14-18-30-38(42)44-2/h19-22,25-28H,3-18,23-24,29-32H2,1-2H3. The Labute approximate surface area is 277 Å². The van der Waals surface area contributed by atoms with Gasteiger partial charge in [-0.2, -0.15) is 0 Å². The van der Waals surface area contributed by atoms with Crippen LogP contribution in [0, 0.1) is 0 Å². The second-order valence-electron chi connectivity index (χ2n) is 12.5. The van der Waals surface area contributed by atoms with Gasteiger partial charge in [0, 0.05) is 34.4 Å². The molecule has 3 rings (SSSR count). The normalized spacial score (nSPS) is 11.2. The molecule has 0 fully saturated rings. The Hall–Kier alpha value is -3.28. The first-order chi connectivity index (χ1) is 22.7. The number of carbonyl (C=O) groups excluding carboxylic acids is 2. The number of esters is 2. The molecule has 0 heterocycles. The summed E-state index contributed by atoms with van der Waals surface area (Å²) in [5.41, 5.74) is 0. The summed E-state index contributed by atoms with van der Waals surface area (Å²) in [5, 5.41) is 4.48. The summed E-state index contributed by atoms with van der Waals surface area (Å²) in [6.07, 6.45) is 22.0. The number of rotatable bonds is 26. The Kier molecular flexibility index (Phi) is 18.7. The second-order valence-corrected chi connectivity index (χ2v) is 12.5. The van der Waals surface area contributed by atoms with Crippen molar-refractivity contribution in [2.45, 2.75) is 128 Å². The molecule has 6 nitrogen and oxygen atoms in total. The van der Waals surface area contributed by atoms with E-state index in [1.54, 1.807) is 0 Å². The van der Waals surface area contributed by atoms with Crippen molar-refractivity contribution in [3.63, 3.8) is 0 Å². The van der Waals surface area contributed by atoms with E-state index < -0.39 is 0 Å². The molecule has 0 N–H and O–H groups in total. The molecule has 0 spiro atoms. The number of unbranched alkanes of at least 4 members (excludes halogenated alkanes) is 16. The molecule has 0 saturated heterocycles. The third-order valence-electron chi connectivity index (χ3n) is 8.83. The monoisotopic (exact) mass is 634 g/mol. The molecule has 0 aromatic heterocycles. The fraction of sp³-hybridized carbons (Fsp3) is 0.600. The number of hydrogen-bond acceptors (Lipinski definition) is 6. The molecule has 0 radical (unpaired) electrons. The zero-order valence-corrected chi connectivity index (χ0v) is 28.6. The Morgan fingerprint density at radius 1 is 0.413 bits per heavy atom. The third kappa shape index (κ3) is 13.6. The average molecular weight is 635 g/mol. The minimum absolute atomic E-state index is 0.0981. The van der Waals surface area contributed by atoms with Gasteiger partial charge >= 0.3 is 11.9 Å². The molecule has 46 heavy (non-hydrogen) atoms. The maximum Gasteiger partial charge on any atom is 0.305 e. The van der Waals surface area contributed by atoms with Gasteiger partial charge in [-0.3, -0.25) is 9.59 Å². The van der Waals surface area contributed by atoms with E-state index in [2.05, 4.69) is 48.5 Å². The van der Waals surface area contributed by atoms with E-state index in [1.165, 1.54) is 91.3 Å². The molecule has 0 saturated carbocycles. The summed E-state index contributed by atoms with van der Waals surface area (Å²) < 4.78 is 22.4. The van der Waals surface area contributed by atoms with Gasteiger partial charge < -0.3 is 18.9 Å². The van der Waals surface area contributed by atoms with Gasteiger partial charge in [0.25, 0.3) is 0 Å². The average Bonchev–Trinajstić information content (AvgIpc) is 3.09. The largest absolute Gasteiger partial charge is 0.492 e. The van der Waals surface area contributed by atoms with E-state index >= 15 is 0 Å². The Morgan fingerprint density at radius 2 is 0.674 bits per heavy atom. The van der Waals surface area contributed by atoms with Crippen LogP contribution in [0.2, 0.25) is 0 Å². The van der Waals surface area contributed by atoms with Crippen LogP contribution in [-0.4, -0.2) is 39.4 Å². The summed E-state index contributed by atoms with van der Waals surface area (Å²) in [6.45, 7) is 1.43. The van der Waals surface area contributed by atoms with Crippen LogP contribution in [0.3, 0.4) is 0 Å². The van der Waals surface area contributed by atoms with Crippen LogP contribution < -0.4 is 9.47 Å². The van der Waals surface area contributed by atoms with Gasteiger partial charge in [-0.1, -0.05) is 138 Å². The Balaban J connectivity index is 1.38. The fourth-order valence-corrected chi connectivity index (χ4v) is 6.13. The van der Waals surface area contributed by atoms with Gasteiger partial charge in [-0.25, -0.2) is 0 Å². The topological polar surface area (TPSA) is 71.1 Å². The van der Waals surface area contributed by atoms with E-state index in [0.29, 0.717) is 12.8 Å². The highest BCUT2D eigenvalue weighted by Crippen LogP contribution is 2.42. The number of hydrogen-bond donors (Lipinski definition) is 0. The minimum atomic E-state index is -0.0981. The van der Waals surface area contributed by atoms with Crippen LogP contribution in [0.5, 0.6) is 11.5 Å². The molecular formula is C40H58O6. The number of benzene rings is 3. The van der Waals surface area contributed by atoms with E-state index in [1.807, 2.05) is 0 Å². The van der Waals surface area contributed by atoms with Crippen molar-refractivity contribution in [1.29, 1.82) is 0 Å². The fourth-order valence-electron chi connectivity index (χ4n) is 6.13. The van der Waals surface area contributed by atoms with Crippen LogP contribution in [0.1, 0.15) is 128 Å². The maximum atomic E-state index is 11.2. The van der Waals surface area contributed by atoms with Gasteiger partial charge in [0.05, 0.1) is 27.4 Å². The van der Waals surface area contributed by atoms with Crippen molar-refractivity contribution in [2.24, 2.45) is 0 Å². The third-order valence-corrected chi connectivity index (χ3v) is 8.83. The number of ether oxygens (including phenoxy) is 4. The molecule has 0 amide bonds. The molecule has 0 bridgehead atoms. The molecule has 6 heteroatoms. The van der Waals surface area contributed by atoms with Gasteiger partial charge in [0.15, 0.2) is 0 Å². The summed E-state index contributed by atoms with van der Waals surface area (Å²) >= 11 is 0. The maximum absolute atomic E-state index is 11.2. The molecule has 0 unspecified atom stereocenters. The van der Waals surface area contributed by atoms with Crippen molar-refractivity contribution >= 4 is 33.5 Å². The summed E-state index contributed by atoms with van der Waals surface area (Å²) in [6, 6.07) is 17.0. The van der Waals surface area contributed by atoms with Crippen LogP contribution in [0.25, 0.3) is 21.5 Å². The van der Waals surface area contributed by atoms with E-state index in [-0.39, 0.29) is 11.9 Å². The quantitative estimate of drug-likeness (QED) is 0.0497. The van der Waals surface area contributed by atoms with Gasteiger partial charge in [-0.15, -0.1) is 0 Å². The summed E-state index contributed by atoms with van der Waals surface area (Å²) in [4.78, 5) is 22.4. The smallest absolute Gasteiger partial charge is 0.305 e. The zero-order valence-electron chi connectivity index (χ0n) is 28.6. The van der Waals surface area contributed by atoms with Crippen LogP contribution in [-0.2, 0) is 19.1 Å². The molecule has 3 aromatic carbocycles. The van der Waals surface area contributed by atoms with E-state index in [4.69, 9.17) is 18.9 Å². The van der Waals surface area contributed by atoms with Gasteiger partial charge in [-0.05, 0) is 25.7 Å². The van der Waals surface area contributed by atoms with Crippen LogP contribution in [0.4, 0.5) is 0 Å². The molecule has 0 aliphatic rings. The van der Waals surface area contributed by atoms with Crippen molar-refractivity contribution in [3.8, 4) is 11.5 Å². The Bertz CT molecular complexity index is 1130. The first-order valence-corrected chi connectivity index (χ1v) is 18.0. The van der Waals surface area contributed by atoms with E-state index in [9.17, 15) is 9.59 Å². The molecular weight excluding hydrogens is 576 g/mol. The molecule has 0 aliphatic carbocycles. The predicted octanol–water partition coefficient (Wildman–Crippen LogP) is 10.9. The highest BCUT2D eigenvalue weighted by molar-refractivity contribution is 6.11. The van der Waals surface area contributed by atoms with E-state index in [0.717, 1.165) is 84.8 Å². The first-order valence-electron chi connectivity index (χ1n) is 18.0. The van der Waals surface area contributed by atoms with Crippen molar-refractivity contribution in [3.05, 3.63) is 48.5 Å². The number of fused-ring (bicyclic) bond motifs is 2. The lowest BCUT2D eigenvalue weighted by Crippen LogP contribution is -2.02. The van der Waals surface area contributed by atoms with Crippen LogP contribution in [0.15, 0.2) is 48.5 Å². The summed E-state index contributed by atoms with van der Waals surface area (Å²) in [7, 11) is 2.91. The van der Waals surface area contributed by atoms with Gasteiger partial charge in [0.2, 0.25) is 0 Å². The first kappa shape index (κ1) is 37.2. The molecule has 0 aliphatic heterocycles. The minimum Gasteiger partial charge on any atom is -0.492 e. The van der Waals surface area contributed by atoms with Crippen LogP contribution >= 0.6 is 0 Å². The predicted molar refractivity (Wildman–Crippen MR) is 189 cm³/mol. The highest BCUT2D eigenvalue weighted by atomic mass is 16.5. The lowest BCUT2D eigenvalue weighted by molar-refractivity contribution is -0.141.